The van der Waals surface area contributed by atoms with Gasteiger partial charge < -0.3 is 9.31 Å². The smallest absolute Gasteiger partial charge is 0.403 e. The number of aryl methyl sites for hydroxylation is 1. The molecule has 1 unspecified atom stereocenters. The number of sulfonamides is 1. The van der Waals surface area contributed by atoms with Crippen LogP contribution >= 0.6 is 0 Å². The lowest BCUT2D eigenvalue weighted by molar-refractivity contribution is -0.137. The predicted molar refractivity (Wildman–Crippen MR) is 117 cm³/mol. The summed E-state index contributed by atoms with van der Waals surface area (Å²) in [5, 5.41) is 0. The lowest BCUT2D eigenvalue weighted by atomic mass is 9.78. The molecule has 2 aromatic carbocycles. The molecular formula is C22H27BF3NO4S. The molecule has 0 amide bonds. The first-order chi connectivity index (χ1) is 14.6. The zero-order chi connectivity index (χ0) is 23.9. The number of alkyl halides is 3. The van der Waals surface area contributed by atoms with Gasteiger partial charge in [0.1, 0.15) is 0 Å². The topological polar surface area (TPSA) is 64.6 Å². The Morgan fingerprint density at radius 3 is 1.91 bits per heavy atom. The molecule has 0 aromatic heterocycles. The van der Waals surface area contributed by atoms with Crippen molar-refractivity contribution in [1.29, 1.82) is 0 Å². The Kier molecular flexibility index (Phi) is 6.56. The van der Waals surface area contributed by atoms with E-state index in [1.54, 1.807) is 12.1 Å². The number of hydrogen-bond donors (Lipinski definition) is 1. The van der Waals surface area contributed by atoms with Crippen LogP contribution in [0.25, 0.3) is 0 Å². The summed E-state index contributed by atoms with van der Waals surface area (Å²) in [7, 11) is -4.69. The minimum Gasteiger partial charge on any atom is -0.403 e. The van der Waals surface area contributed by atoms with Crippen LogP contribution in [0.4, 0.5) is 13.2 Å². The highest BCUT2D eigenvalue weighted by atomic mass is 32.2. The van der Waals surface area contributed by atoms with E-state index in [0.717, 1.165) is 17.7 Å². The van der Waals surface area contributed by atoms with Crippen LogP contribution in [0.15, 0.2) is 53.4 Å². The molecule has 1 fully saturated rings. The molecule has 1 heterocycles. The molecule has 5 nitrogen and oxygen atoms in total. The predicted octanol–water partition coefficient (Wildman–Crippen LogP) is 5.13. The highest BCUT2D eigenvalue weighted by Crippen LogP contribution is 2.40. The first-order valence-electron chi connectivity index (χ1n) is 10.2. The second-order valence-electron chi connectivity index (χ2n) is 9.03. The van der Waals surface area contributed by atoms with Crippen molar-refractivity contribution >= 4 is 17.1 Å². The Bertz CT molecular complexity index is 1040. The lowest BCUT2D eigenvalue weighted by Crippen LogP contribution is -2.41. The third-order valence-corrected chi connectivity index (χ3v) is 7.49. The van der Waals surface area contributed by atoms with Crippen LogP contribution in [0, 0.1) is 6.92 Å². The molecule has 3 rings (SSSR count). The highest BCUT2D eigenvalue weighted by molar-refractivity contribution is 7.89. The molecule has 32 heavy (non-hydrogen) atoms. The van der Waals surface area contributed by atoms with E-state index in [1.807, 2.05) is 34.6 Å². The average molecular weight is 469 g/mol. The molecule has 1 atom stereocenters. The summed E-state index contributed by atoms with van der Waals surface area (Å²) in [6.45, 7) is 9.33. The van der Waals surface area contributed by atoms with E-state index in [-0.39, 0.29) is 11.2 Å². The monoisotopic (exact) mass is 469 g/mol. The molecular weight excluding hydrogens is 442 g/mol. The Labute approximate surface area is 187 Å². The van der Waals surface area contributed by atoms with E-state index >= 15 is 0 Å². The van der Waals surface area contributed by atoms with Gasteiger partial charge in [-0.2, -0.15) is 13.2 Å². The van der Waals surface area contributed by atoms with Gasteiger partial charge in [-0.25, -0.2) is 13.1 Å². The zero-order valence-electron chi connectivity index (χ0n) is 18.7. The number of hydrogen-bond acceptors (Lipinski definition) is 4. The van der Waals surface area contributed by atoms with E-state index in [0.29, 0.717) is 5.56 Å². The first kappa shape index (κ1) is 24.8. The van der Waals surface area contributed by atoms with E-state index in [9.17, 15) is 21.6 Å². The van der Waals surface area contributed by atoms with Gasteiger partial charge in [-0.3, -0.25) is 0 Å². The Morgan fingerprint density at radius 2 is 1.44 bits per heavy atom. The second kappa shape index (κ2) is 8.48. The van der Waals surface area contributed by atoms with Crippen LogP contribution in [0.5, 0.6) is 0 Å². The fraction of sp³-hybridized carbons (Fsp3) is 0.455. The molecule has 0 bridgehead atoms. The van der Waals surface area contributed by atoms with Gasteiger partial charge in [0.05, 0.1) is 21.7 Å². The maximum atomic E-state index is 13.0. The van der Waals surface area contributed by atoms with Crippen molar-refractivity contribution in [1.82, 2.24) is 4.72 Å². The second-order valence-corrected chi connectivity index (χ2v) is 10.7. The van der Waals surface area contributed by atoms with Gasteiger partial charge in [0.25, 0.3) is 0 Å². The fourth-order valence-electron chi connectivity index (χ4n) is 3.38. The Morgan fingerprint density at radius 1 is 0.938 bits per heavy atom. The molecule has 174 valence electrons. The molecule has 2 aromatic rings. The molecule has 1 aliphatic rings. The molecule has 10 heteroatoms. The summed E-state index contributed by atoms with van der Waals surface area (Å²) in [5.41, 5.74) is -0.781. The maximum Gasteiger partial charge on any atom is 0.459 e. The quantitative estimate of drug-likeness (QED) is 0.597. The van der Waals surface area contributed by atoms with Crippen molar-refractivity contribution < 1.29 is 30.9 Å². The van der Waals surface area contributed by atoms with Gasteiger partial charge >= 0.3 is 13.3 Å². The van der Waals surface area contributed by atoms with Gasteiger partial charge in [0, 0.05) is 12.4 Å². The highest BCUT2D eigenvalue weighted by Gasteiger charge is 2.51. The van der Waals surface area contributed by atoms with Gasteiger partial charge in [0.15, 0.2) is 0 Å². The van der Waals surface area contributed by atoms with Gasteiger partial charge in [-0.15, -0.1) is 0 Å². The van der Waals surface area contributed by atoms with Crippen LogP contribution in [0.2, 0.25) is 6.32 Å². The molecule has 1 N–H and O–H groups in total. The van der Waals surface area contributed by atoms with Crippen molar-refractivity contribution in [2.45, 2.75) is 69.3 Å². The average Bonchev–Trinajstić information content (AvgIpc) is 2.87. The van der Waals surface area contributed by atoms with Gasteiger partial charge in [-0.05, 0) is 64.4 Å². The minimum absolute atomic E-state index is 0.0638. The number of nitrogens with one attached hydrogen (secondary N) is 1. The van der Waals surface area contributed by atoms with Crippen LogP contribution in [-0.4, -0.2) is 26.7 Å². The molecule has 0 saturated carbocycles. The lowest BCUT2D eigenvalue weighted by Gasteiger charge is -2.32. The summed E-state index contributed by atoms with van der Waals surface area (Å²) in [6, 6.07) is 9.88. The standard InChI is InChI=1S/C22H27BF3NO4S/c1-15-6-12-18(13-7-15)32(28,29)27-19(14-23-30-20(2,3)21(4,5)31-23)16-8-10-17(11-9-16)22(24,25)26/h6-13,19,27H,14H2,1-5H3. The van der Waals surface area contributed by atoms with Crippen molar-refractivity contribution in [3.05, 3.63) is 65.2 Å². The van der Waals surface area contributed by atoms with Crippen molar-refractivity contribution in [2.24, 2.45) is 0 Å². The van der Waals surface area contributed by atoms with Gasteiger partial charge in [0.2, 0.25) is 10.0 Å². The Balaban J connectivity index is 1.91. The molecule has 1 aliphatic heterocycles. The zero-order valence-corrected chi connectivity index (χ0v) is 19.5. The van der Waals surface area contributed by atoms with Gasteiger partial charge in [-0.1, -0.05) is 29.8 Å². The normalized spacial score (nSPS) is 19.2. The Hall–Kier alpha value is -1.88. The maximum absolute atomic E-state index is 13.0. The van der Waals surface area contributed by atoms with E-state index < -0.39 is 46.1 Å². The van der Waals surface area contributed by atoms with Crippen LogP contribution < -0.4 is 4.72 Å². The number of benzene rings is 2. The summed E-state index contributed by atoms with van der Waals surface area (Å²) >= 11 is 0. The number of halogens is 3. The SMILES string of the molecule is Cc1ccc(S(=O)(=O)NC(CB2OC(C)(C)C(C)(C)O2)c2ccc(C(F)(F)F)cc2)cc1. The van der Waals surface area contributed by atoms with Crippen LogP contribution in [0.3, 0.4) is 0 Å². The van der Waals surface area contributed by atoms with E-state index in [2.05, 4.69) is 4.72 Å². The number of rotatable bonds is 6. The summed E-state index contributed by atoms with van der Waals surface area (Å²) in [6.07, 6.45) is -4.40. The summed E-state index contributed by atoms with van der Waals surface area (Å²) < 4.78 is 79.6. The largest absolute Gasteiger partial charge is 0.459 e. The third-order valence-electron chi connectivity index (χ3n) is 6.00. The van der Waals surface area contributed by atoms with Crippen LogP contribution in [0.1, 0.15) is 50.4 Å². The molecule has 0 aliphatic carbocycles. The first-order valence-corrected chi connectivity index (χ1v) is 11.7. The van der Waals surface area contributed by atoms with E-state index in [1.165, 1.54) is 24.3 Å². The molecule has 0 spiro atoms. The van der Waals surface area contributed by atoms with Crippen molar-refractivity contribution in [2.75, 3.05) is 0 Å². The minimum atomic E-state index is -4.48. The van der Waals surface area contributed by atoms with E-state index in [4.69, 9.17) is 9.31 Å². The van der Waals surface area contributed by atoms with Crippen molar-refractivity contribution in [3.63, 3.8) is 0 Å². The van der Waals surface area contributed by atoms with Crippen molar-refractivity contribution in [3.8, 4) is 0 Å². The molecule has 0 radical (unpaired) electrons. The fourth-order valence-corrected chi connectivity index (χ4v) is 4.62. The molecule has 1 saturated heterocycles. The third kappa shape index (κ3) is 5.36. The summed E-state index contributed by atoms with van der Waals surface area (Å²) in [5.74, 6) is 0. The summed E-state index contributed by atoms with van der Waals surface area (Å²) in [4.78, 5) is 0.0638. The van der Waals surface area contributed by atoms with Crippen LogP contribution in [-0.2, 0) is 25.5 Å².